The number of unbranched alkanes of at least 4 members (excludes halogenated alkanes) is 6. The van der Waals surface area contributed by atoms with E-state index in [2.05, 4.69) is 17.2 Å². The fraction of sp³-hybridized carbons (Fsp3) is 0.429. The van der Waals surface area contributed by atoms with E-state index in [1.54, 1.807) is 6.07 Å². The molecule has 2 aromatic rings. The average Bonchev–Trinajstić information content (AvgIpc) is 2.62. The minimum Gasteiger partial charge on any atom is -0.506 e. The molecule has 3 heteroatoms. The number of rotatable bonds is 10. The third-order valence-electron chi connectivity index (χ3n) is 4.14. The Morgan fingerprint density at radius 1 is 0.792 bits per heavy atom. The molecule has 0 fully saturated rings. The summed E-state index contributed by atoms with van der Waals surface area (Å²) in [6.45, 7) is 2.25. The van der Waals surface area contributed by atoms with E-state index in [1.165, 1.54) is 50.5 Å². The van der Waals surface area contributed by atoms with Crippen LogP contribution in [0.5, 0.6) is 5.75 Å². The Bertz CT molecular complexity index is 623. The van der Waals surface area contributed by atoms with Crippen molar-refractivity contribution < 1.29 is 5.11 Å². The van der Waals surface area contributed by atoms with Gasteiger partial charge in [-0.15, -0.1) is 5.11 Å². The first-order valence-corrected chi connectivity index (χ1v) is 9.08. The average molecular weight is 324 g/mol. The molecule has 0 saturated heterocycles. The molecule has 0 saturated carbocycles. The SMILES string of the molecule is CCCCCCCCCc1ccc(O)c(/N=N/c2ccccc2)c1. The molecule has 1 N–H and O–H groups in total. The van der Waals surface area contributed by atoms with E-state index in [1.807, 2.05) is 42.5 Å². The van der Waals surface area contributed by atoms with Crippen molar-refractivity contribution in [3.05, 3.63) is 54.1 Å². The highest BCUT2D eigenvalue weighted by Gasteiger charge is 2.02. The Hall–Kier alpha value is -2.16. The molecule has 0 radical (unpaired) electrons. The maximum Gasteiger partial charge on any atom is 0.143 e. The maximum atomic E-state index is 9.95. The monoisotopic (exact) mass is 324 g/mol. The lowest BCUT2D eigenvalue weighted by atomic mass is 10.0. The molecule has 0 unspecified atom stereocenters. The summed E-state index contributed by atoms with van der Waals surface area (Å²) >= 11 is 0. The van der Waals surface area contributed by atoms with E-state index in [9.17, 15) is 5.11 Å². The number of azo groups is 1. The summed E-state index contributed by atoms with van der Waals surface area (Å²) < 4.78 is 0. The molecule has 0 aliphatic rings. The van der Waals surface area contributed by atoms with Gasteiger partial charge < -0.3 is 5.11 Å². The predicted octanol–water partition coefficient (Wildman–Crippen LogP) is 7.10. The van der Waals surface area contributed by atoms with Crippen molar-refractivity contribution in [2.75, 3.05) is 0 Å². The molecule has 0 bridgehead atoms. The zero-order chi connectivity index (χ0) is 17.0. The van der Waals surface area contributed by atoms with Gasteiger partial charge in [-0.25, -0.2) is 0 Å². The van der Waals surface area contributed by atoms with Crippen molar-refractivity contribution in [3.8, 4) is 5.75 Å². The number of aryl methyl sites for hydroxylation is 1. The molecule has 128 valence electrons. The molecule has 0 atom stereocenters. The van der Waals surface area contributed by atoms with Crippen LogP contribution >= 0.6 is 0 Å². The van der Waals surface area contributed by atoms with Crippen molar-refractivity contribution >= 4 is 11.4 Å². The van der Waals surface area contributed by atoms with Crippen LogP contribution in [-0.4, -0.2) is 5.11 Å². The lowest BCUT2D eigenvalue weighted by Gasteiger charge is -2.04. The Labute approximate surface area is 145 Å². The molecule has 2 rings (SSSR count). The van der Waals surface area contributed by atoms with Gasteiger partial charge in [0.05, 0.1) is 5.69 Å². The lowest BCUT2D eigenvalue weighted by Crippen LogP contribution is -1.86. The third kappa shape index (κ3) is 6.53. The third-order valence-corrected chi connectivity index (χ3v) is 4.14. The number of phenols is 1. The minimum atomic E-state index is 0.179. The fourth-order valence-corrected chi connectivity index (χ4v) is 2.70. The number of benzene rings is 2. The first-order chi connectivity index (χ1) is 11.8. The van der Waals surface area contributed by atoms with Gasteiger partial charge in [-0.3, -0.25) is 0 Å². The van der Waals surface area contributed by atoms with Gasteiger partial charge in [0.15, 0.2) is 0 Å². The van der Waals surface area contributed by atoms with Crippen LogP contribution in [0, 0.1) is 0 Å². The van der Waals surface area contributed by atoms with Gasteiger partial charge in [-0.2, -0.15) is 5.11 Å². The van der Waals surface area contributed by atoms with Crippen LogP contribution in [-0.2, 0) is 6.42 Å². The molecule has 0 aliphatic carbocycles. The summed E-state index contributed by atoms with van der Waals surface area (Å²) in [6, 6.07) is 15.2. The number of hydrogen-bond acceptors (Lipinski definition) is 3. The van der Waals surface area contributed by atoms with Gasteiger partial charge in [0, 0.05) is 0 Å². The molecule has 0 heterocycles. The quantitative estimate of drug-likeness (QED) is 0.367. The van der Waals surface area contributed by atoms with E-state index in [0.717, 1.165) is 12.1 Å². The van der Waals surface area contributed by atoms with Crippen LogP contribution in [0.15, 0.2) is 58.8 Å². The molecule has 0 spiro atoms. The number of phenolic OH excluding ortho intramolecular Hbond substituents is 1. The number of aromatic hydroxyl groups is 1. The number of hydrogen-bond donors (Lipinski definition) is 1. The van der Waals surface area contributed by atoms with E-state index >= 15 is 0 Å². The van der Waals surface area contributed by atoms with Gasteiger partial charge in [-0.05, 0) is 42.7 Å². The van der Waals surface area contributed by atoms with Gasteiger partial charge >= 0.3 is 0 Å². The smallest absolute Gasteiger partial charge is 0.143 e. The van der Waals surface area contributed by atoms with Gasteiger partial charge in [0.25, 0.3) is 0 Å². The van der Waals surface area contributed by atoms with E-state index in [0.29, 0.717) is 5.69 Å². The van der Waals surface area contributed by atoms with Crippen LogP contribution in [0.25, 0.3) is 0 Å². The largest absolute Gasteiger partial charge is 0.506 e. The predicted molar refractivity (Wildman–Crippen MR) is 100 cm³/mol. The van der Waals surface area contributed by atoms with Crippen molar-refractivity contribution in [3.63, 3.8) is 0 Å². The second-order valence-corrected chi connectivity index (χ2v) is 6.23. The molecule has 0 amide bonds. The summed E-state index contributed by atoms with van der Waals surface area (Å²) in [7, 11) is 0. The van der Waals surface area contributed by atoms with Crippen molar-refractivity contribution in [1.82, 2.24) is 0 Å². The van der Waals surface area contributed by atoms with Gasteiger partial charge in [-0.1, -0.05) is 69.7 Å². The molecule has 3 nitrogen and oxygen atoms in total. The summed E-state index contributed by atoms with van der Waals surface area (Å²) in [4.78, 5) is 0. The highest BCUT2D eigenvalue weighted by molar-refractivity contribution is 5.52. The Morgan fingerprint density at radius 3 is 2.25 bits per heavy atom. The molecular formula is C21H28N2O. The number of nitrogens with zero attached hydrogens (tertiary/aromatic N) is 2. The Morgan fingerprint density at radius 2 is 1.50 bits per heavy atom. The second-order valence-electron chi connectivity index (χ2n) is 6.23. The Balaban J connectivity index is 1.83. The molecule has 0 aliphatic heterocycles. The van der Waals surface area contributed by atoms with Crippen LogP contribution in [0.3, 0.4) is 0 Å². The zero-order valence-electron chi connectivity index (χ0n) is 14.6. The van der Waals surface area contributed by atoms with Gasteiger partial charge in [0.1, 0.15) is 11.4 Å². The fourth-order valence-electron chi connectivity index (χ4n) is 2.70. The summed E-state index contributed by atoms with van der Waals surface area (Å²) in [5.74, 6) is 0.179. The second kappa shape index (κ2) is 10.6. The standard InChI is InChI=1S/C21H28N2O/c1-2-3-4-5-6-7-9-12-18-15-16-21(24)20(17-18)23-22-19-13-10-8-11-14-19/h8,10-11,13-17,24H,2-7,9,12H2,1H3/b23-22+. The van der Waals surface area contributed by atoms with E-state index in [4.69, 9.17) is 0 Å². The van der Waals surface area contributed by atoms with Crippen molar-refractivity contribution in [2.24, 2.45) is 10.2 Å². The first kappa shape index (κ1) is 18.2. The molecular weight excluding hydrogens is 296 g/mol. The van der Waals surface area contributed by atoms with Gasteiger partial charge in [0.2, 0.25) is 0 Å². The molecule has 2 aromatic carbocycles. The highest BCUT2D eigenvalue weighted by atomic mass is 16.3. The molecule has 24 heavy (non-hydrogen) atoms. The van der Waals surface area contributed by atoms with E-state index in [-0.39, 0.29) is 5.75 Å². The Kier molecular flexibility index (Phi) is 8.02. The van der Waals surface area contributed by atoms with Crippen LogP contribution in [0.1, 0.15) is 57.4 Å². The van der Waals surface area contributed by atoms with Crippen LogP contribution < -0.4 is 0 Å². The van der Waals surface area contributed by atoms with Crippen molar-refractivity contribution in [1.29, 1.82) is 0 Å². The summed E-state index contributed by atoms with van der Waals surface area (Å²) in [6.07, 6.45) is 10.2. The topological polar surface area (TPSA) is 45.0 Å². The zero-order valence-corrected chi connectivity index (χ0v) is 14.6. The first-order valence-electron chi connectivity index (χ1n) is 9.08. The maximum absolute atomic E-state index is 9.95. The van der Waals surface area contributed by atoms with Crippen LogP contribution in [0.4, 0.5) is 11.4 Å². The summed E-state index contributed by atoms with van der Waals surface area (Å²) in [5, 5.41) is 18.3. The summed E-state index contributed by atoms with van der Waals surface area (Å²) in [5.41, 5.74) is 2.54. The lowest BCUT2D eigenvalue weighted by molar-refractivity contribution is 0.476. The highest BCUT2D eigenvalue weighted by Crippen LogP contribution is 2.29. The van der Waals surface area contributed by atoms with Crippen LogP contribution in [0.2, 0.25) is 0 Å². The van der Waals surface area contributed by atoms with Crippen molar-refractivity contribution in [2.45, 2.75) is 58.3 Å². The van der Waals surface area contributed by atoms with E-state index < -0.39 is 0 Å². The minimum absolute atomic E-state index is 0.179. The normalized spacial score (nSPS) is 11.2. The molecule has 0 aromatic heterocycles.